The first-order valence-corrected chi connectivity index (χ1v) is 10.5. The van der Waals surface area contributed by atoms with Gasteiger partial charge in [0.15, 0.2) is 0 Å². The number of hydrogen-bond acceptors (Lipinski definition) is 3. The number of phosphoric acid groups is 1. The summed E-state index contributed by atoms with van der Waals surface area (Å²) in [5.41, 5.74) is 4.61. The molecular formula is C22H23O5P. The van der Waals surface area contributed by atoms with Crippen molar-refractivity contribution < 1.29 is 23.6 Å². The van der Waals surface area contributed by atoms with Gasteiger partial charge in [-0.05, 0) is 59.9 Å². The van der Waals surface area contributed by atoms with Gasteiger partial charge >= 0.3 is 7.82 Å². The van der Waals surface area contributed by atoms with Crippen LogP contribution < -0.4 is 9.26 Å². The van der Waals surface area contributed by atoms with Crippen molar-refractivity contribution in [2.75, 3.05) is 6.61 Å². The molecule has 146 valence electrons. The third-order valence-electron chi connectivity index (χ3n) is 4.60. The van der Waals surface area contributed by atoms with Gasteiger partial charge < -0.3 is 9.26 Å². The summed E-state index contributed by atoms with van der Waals surface area (Å²) in [7, 11) is -4.65. The highest BCUT2D eigenvalue weighted by Crippen LogP contribution is 2.43. The van der Waals surface area contributed by atoms with E-state index in [2.05, 4.69) is 0 Å². The topological polar surface area (TPSA) is 76.0 Å². The summed E-state index contributed by atoms with van der Waals surface area (Å²) in [5.74, 6) is 0.972. The monoisotopic (exact) mass is 398 g/mol. The quantitative estimate of drug-likeness (QED) is 0.544. The van der Waals surface area contributed by atoms with E-state index in [-0.39, 0.29) is 5.75 Å². The molecule has 0 aliphatic carbocycles. The SMILES string of the molecule is Cc1c(OP(=O)(O)O)cc(CCOc2ccccc2)c(-c2ccccc2)c1C. The fraction of sp³-hybridized carbons (Fsp3) is 0.182. The van der Waals surface area contributed by atoms with Gasteiger partial charge in [0.05, 0.1) is 6.61 Å². The second-order valence-corrected chi connectivity index (χ2v) is 7.68. The largest absolute Gasteiger partial charge is 0.524 e. The average molecular weight is 398 g/mol. The summed E-state index contributed by atoms with van der Waals surface area (Å²) < 4.78 is 22.1. The second-order valence-electron chi connectivity index (χ2n) is 6.52. The van der Waals surface area contributed by atoms with E-state index in [1.54, 1.807) is 13.0 Å². The molecule has 0 heterocycles. The van der Waals surface area contributed by atoms with Gasteiger partial charge in [-0.2, -0.15) is 0 Å². The first kappa shape index (κ1) is 20.2. The van der Waals surface area contributed by atoms with Gasteiger partial charge in [-0.1, -0.05) is 48.5 Å². The van der Waals surface area contributed by atoms with Gasteiger partial charge in [0, 0.05) is 6.42 Å². The molecule has 5 nitrogen and oxygen atoms in total. The van der Waals surface area contributed by atoms with E-state index in [9.17, 15) is 14.4 Å². The smallest absolute Gasteiger partial charge is 0.493 e. The van der Waals surface area contributed by atoms with Crippen LogP contribution in [0, 0.1) is 13.8 Å². The fourth-order valence-corrected chi connectivity index (χ4v) is 3.62. The molecule has 0 saturated heterocycles. The molecule has 0 aromatic heterocycles. The molecule has 0 unspecified atom stereocenters. The molecule has 0 aliphatic heterocycles. The van der Waals surface area contributed by atoms with Gasteiger partial charge in [-0.3, -0.25) is 9.79 Å². The Labute approximate surface area is 164 Å². The van der Waals surface area contributed by atoms with Crippen molar-refractivity contribution in [1.82, 2.24) is 0 Å². The van der Waals surface area contributed by atoms with Crippen molar-refractivity contribution in [2.24, 2.45) is 0 Å². The minimum absolute atomic E-state index is 0.195. The summed E-state index contributed by atoms with van der Waals surface area (Å²) in [4.78, 5) is 18.5. The van der Waals surface area contributed by atoms with Gasteiger partial charge in [-0.25, -0.2) is 4.57 Å². The maximum atomic E-state index is 11.4. The maximum absolute atomic E-state index is 11.4. The van der Waals surface area contributed by atoms with E-state index in [4.69, 9.17) is 9.26 Å². The van der Waals surface area contributed by atoms with Crippen LogP contribution in [0.3, 0.4) is 0 Å². The van der Waals surface area contributed by atoms with E-state index in [0.29, 0.717) is 18.6 Å². The minimum atomic E-state index is -4.65. The van der Waals surface area contributed by atoms with E-state index in [1.807, 2.05) is 67.6 Å². The highest BCUT2D eigenvalue weighted by atomic mass is 31.2. The number of ether oxygens (including phenoxy) is 1. The Morgan fingerprint density at radius 3 is 2.11 bits per heavy atom. The fourth-order valence-electron chi connectivity index (χ4n) is 3.17. The summed E-state index contributed by atoms with van der Waals surface area (Å²) in [6.45, 7) is 4.17. The summed E-state index contributed by atoms with van der Waals surface area (Å²) >= 11 is 0. The lowest BCUT2D eigenvalue weighted by molar-refractivity contribution is 0.282. The van der Waals surface area contributed by atoms with Crippen LogP contribution in [0.25, 0.3) is 11.1 Å². The highest BCUT2D eigenvalue weighted by Gasteiger charge is 2.21. The van der Waals surface area contributed by atoms with Crippen LogP contribution in [-0.4, -0.2) is 16.4 Å². The Morgan fingerprint density at radius 1 is 0.893 bits per heavy atom. The van der Waals surface area contributed by atoms with Crippen LogP contribution in [0.15, 0.2) is 66.7 Å². The molecule has 0 bridgehead atoms. The zero-order valence-electron chi connectivity index (χ0n) is 15.8. The first-order valence-electron chi connectivity index (χ1n) is 8.96. The number of rotatable bonds is 7. The molecule has 0 atom stereocenters. The molecule has 0 radical (unpaired) electrons. The Bertz CT molecular complexity index is 981. The van der Waals surface area contributed by atoms with Crippen LogP contribution >= 0.6 is 7.82 Å². The molecule has 2 N–H and O–H groups in total. The lowest BCUT2D eigenvalue weighted by Gasteiger charge is -2.19. The van der Waals surface area contributed by atoms with Crippen LogP contribution in [0.5, 0.6) is 11.5 Å². The summed E-state index contributed by atoms with van der Waals surface area (Å²) in [6.07, 6.45) is 0.567. The van der Waals surface area contributed by atoms with Gasteiger partial charge in [-0.15, -0.1) is 0 Å². The standard InChI is InChI=1S/C22H23O5P/c1-16-17(2)22(18-9-5-3-6-10-18)19(15-21(16)27-28(23,24)25)13-14-26-20-11-7-4-8-12-20/h3-12,15H,13-14H2,1-2H3,(H2,23,24,25). The normalized spacial score (nSPS) is 11.3. The Hall–Kier alpha value is -2.59. The Balaban J connectivity index is 1.97. The number of phosphoric ester groups is 1. The predicted octanol–water partition coefficient (Wildman–Crippen LogP) is 5.06. The third kappa shape index (κ3) is 5.02. The molecule has 3 aromatic carbocycles. The van der Waals surface area contributed by atoms with Crippen LogP contribution in [0.2, 0.25) is 0 Å². The third-order valence-corrected chi connectivity index (χ3v) is 5.03. The Morgan fingerprint density at radius 2 is 1.50 bits per heavy atom. The summed E-state index contributed by atoms with van der Waals surface area (Å²) in [5, 5.41) is 0. The van der Waals surface area contributed by atoms with Crippen LogP contribution in [-0.2, 0) is 11.0 Å². The summed E-state index contributed by atoms with van der Waals surface area (Å²) in [6, 6.07) is 21.2. The van der Waals surface area contributed by atoms with Crippen molar-refractivity contribution in [2.45, 2.75) is 20.3 Å². The van der Waals surface area contributed by atoms with E-state index < -0.39 is 7.82 Å². The lowest BCUT2D eigenvalue weighted by atomic mass is 9.90. The highest BCUT2D eigenvalue weighted by molar-refractivity contribution is 7.46. The molecule has 0 aliphatic rings. The van der Waals surface area contributed by atoms with Crippen molar-refractivity contribution in [3.8, 4) is 22.6 Å². The molecule has 0 spiro atoms. The Kier molecular flexibility index (Phi) is 6.20. The van der Waals surface area contributed by atoms with Crippen LogP contribution in [0.4, 0.5) is 0 Å². The second kappa shape index (κ2) is 8.61. The predicted molar refractivity (Wildman–Crippen MR) is 110 cm³/mol. The number of hydrogen-bond donors (Lipinski definition) is 2. The van der Waals surface area contributed by atoms with Gasteiger partial charge in [0.25, 0.3) is 0 Å². The lowest BCUT2D eigenvalue weighted by Crippen LogP contribution is -2.06. The molecule has 0 amide bonds. The minimum Gasteiger partial charge on any atom is -0.493 e. The molecule has 3 aromatic rings. The molecule has 3 rings (SSSR count). The molecule has 6 heteroatoms. The average Bonchev–Trinajstić information content (AvgIpc) is 2.66. The molecular weight excluding hydrogens is 375 g/mol. The number of para-hydroxylation sites is 1. The van der Waals surface area contributed by atoms with Crippen molar-refractivity contribution in [3.63, 3.8) is 0 Å². The molecule has 0 fully saturated rings. The number of benzene rings is 3. The first-order chi connectivity index (χ1) is 13.3. The van der Waals surface area contributed by atoms with Gasteiger partial charge in [0.2, 0.25) is 0 Å². The van der Waals surface area contributed by atoms with Gasteiger partial charge in [0.1, 0.15) is 11.5 Å². The van der Waals surface area contributed by atoms with E-state index >= 15 is 0 Å². The van der Waals surface area contributed by atoms with Crippen molar-refractivity contribution in [1.29, 1.82) is 0 Å². The van der Waals surface area contributed by atoms with E-state index in [1.165, 1.54) is 0 Å². The zero-order valence-corrected chi connectivity index (χ0v) is 16.7. The molecule has 28 heavy (non-hydrogen) atoms. The van der Waals surface area contributed by atoms with Crippen molar-refractivity contribution >= 4 is 7.82 Å². The van der Waals surface area contributed by atoms with Crippen LogP contribution in [0.1, 0.15) is 16.7 Å². The zero-order chi connectivity index (χ0) is 20.1. The molecule has 0 saturated carbocycles. The maximum Gasteiger partial charge on any atom is 0.524 e. The van der Waals surface area contributed by atoms with E-state index in [0.717, 1.165) is 28.0 Å². The van der Waals surface area contributed by atoms with Crippen molar-refractivity contribution in [3.05, 3.63) is 83.4 Å².